The lowest BCUT2D eigenvalue weighted by Gasteiger charge is -2.20. The second-order valence-corrected chi connectivity index (χ2v) is 9.71. The molecule has 1 fully saturated rings. The number of thiazole rings is 1. The van der Waals surface area contributed by atoms with Crippen molar-refractivity contribution >= 4 is 42.6 Å². The molecule has 1 amide bonds. The average molecular weight is 383 g/mol. The monoisotopic (exact) mass is 383 g/mol. The largest absolute Gasteiger partial charge is 0.368 e. The van der Waals surface area contributed by atoms with Crippen molar-refractivity contribution in [1.29, 1.82) is 0 Å². The zero-order valence-electron chi connectivity index (χ0n) is 14.3. The first-order valence-corrected chi connectivity index (χ1v) is 10.3. The van der Waals surface area contributed by atoms with Crippen molar-refractivity contribution < 1.29 is 17.9 Å². The molecule has 1 aromatic carbocycles. The average Bonchev–Trinajstić information content (AvgIpc) is 3.12. The fourth-order valence-corrected chi connectivity index (χ4v) is 4.98. The third-order valence-corrected chi connectivity index (χ3v) is 6.25. The van der Waals surface area contributed by atoms with Crippen molar-refractivity contribution in [2.75, 3.05) is 11.9 Å². The second-order valence-electron chi connectivity index (χ2n) is 6.99. The van der Waals surface area contributed by atoms with Crippen molar-refractivity contribution in [3.05, 3.63) is 18.2 Å². The van der Waals surface area contributed by atoms with Crippen LogP contribution in [0.15, 0.2) is 23.1 Å². The molecule has 0 unspecified atom stereocenters. The molecule has 1 saturated heterocycles. The molecule has 0 spiro atoms. The van der Waals surface area contributed by atoms with Gasteiger partial charge < -0.3 is 4.74 Å². The highest BCUT2D eigenvalue weighted by atomic mass is 32.2. The van der Waals surface area contributed by atoms with Crippen molar-refractivity contribution in [2.45, 2.75) is 50.2 Å². The summed E-state index contributed by atoms with van der Waals surface area (Å²) >= 11 is 1.24. The molecule has 136 valence electrons. The third kappa shape index (κ3) is 4.35. The predicted octanol–water partition coefficient (Wildman–Crippen LogP) is 2.49. The maximum atomic E-state index is 12.4. The molecule has 1 aromatic heterocycles. The van der Waals surface area contributed by atoms with Gasteiger partial charge in [-0.15, -0.1) is 0 Å². The minimum absolute atomic E-state index is 0.176. The number of nitrogens with zero attached hydrogens (tertiary/aromatic N) is 1. The normalized spacial score (nSPS) is 18.6. The number of sulfonamides is 1. The fourth-order valence-electron chi connectivity index (χ4n) is 2.56. The number of benzene rings is 1. The molecule has 2 heterocycles. The van der Waals surface area contributed by atoms with Gasteiger partial charge in [0.25, 0.3) is 5.91 Å². The van der Waals surface area contributed by atoms with E-state index in [-0.39, 0.29) is 10.8 Å². The van der Waals surface area contributed by atoms with Crippen LogP contribution >= 0.6 is 11.3 Å². The van der Waals surface area contributed by atoms with Gasteiger partial charge in [0, 0.05) is 12.1 Å². The number of aromatic nitrogens is 1. The van der Waals surface area contributed by atoms with Gasteiger partial charge in [0.2, 0.25) is 10.0 Å². The van der Waals surface area contributed by atoms with E-state index in [0.717, 1.165) is 6.42 Å². The van der Waals surface area contributed by atoms with Crippen LogP contribution in [0.1, 0.15) is 33.6 Å². The quantitative estimate of drug-likeness (QED) is 0.845. The van der Waals surface area contributed by atoms with E-state index < -0.39 is 21.7 Å². The molecule has 0 bridgehead atoms. The zero-order chi connectivity index (χ0) is 18.2. The standard InChI is InChI=1S/C16H21N3O4S2/c1-16(2,3)19-25(21,22)10-6-7-11-13(9-10)24-15(17-11)18-14(20)12-5-4-8-23-12/h6-7,9,12,19H,4-5,8H2,1-3H3,(H,17,18,20)/t12-/m1/s1. The van der Waals surface area contributed by atoms with E-state index in [0.29, 0.717) is 28.4 Å². The molecule has 0 aliphatic carbocycles. The number of hydrogen-bond acceptors (Lipinski definition) is 6. The summed E-state index contributed by atoms with van der Waals surface area (Å²) in [6.45, 7) is 5.96. The summed E-state index contributed by atoms with van der Waals surface area (Å²) in [6, 6.07) is 4.73. The van der Waals surface area contributed by atoms with E-state index in [2.05, 4.69) is 15.0 Å². The van der Waals surface area contributed by atoms with Crippen LogP contribution in [0.3, 0.4) is 0 Å². The number of fused-ring (bicyclic) bond motifs is 1. The molecule has 25 heavy (non-hydrogen) atoms. The van der Waals surface area contributed by atoms with E-state index in [1.54, 1.807) is 32.9 Å². The molecule has 9 heteroatoms. The van der Waals surface area contributed by atoms with Crippen LogP contribution in [-0.2, 0) is 19.6 Å². The van der Waals surface area contributed by atoms with Crippen LogP contribution < -0.4 is 10.0 Å². The Morgan fingerprint density at radius 1 is 1.36 bits per heavy atom. The number of rotatable bonds is 4. The van der Waals surface area contributed by atoms with Crippen LogP contribution in [0.4, 0.5) is 5.13 Å². The molecule has 7 nitrogen and oxygen atoms in total. The van der Waals surface area contributed by atoms with Crippen molar-refractivity contribution in [3.8, 4) is 0 Å². The van der Waals surface area contributed by atoms with E-state index in [4.69, 9.17) is 4.74 Å². The predicted molar refractivity (Wildman–Crippen MR) is 97.3 cm³/mol. The molecular formula is C16H21N3O4S2. The highest BCUT2D eigenvalue weighted by Gasteiger charge is 2.25. The maximum absolute atomic E-state index is 12.4. The van der Waals surface area contributed by atoms with Crippen molar-refractivity contribution in [2.24, 2.45) is 0 Å². The summed E-state index contributed by atoms with van der Waals surface area (Å²) in [5.74, 6) is -0.209. The molecule has 0 saturated carbocycles. The van der Waals surface area contributed by atoms with Gasteiger partial charge in [0.15, 0.2) is 5.13 Å². The Kier molecular flexibility index (Phi) is 4.84. The number of ether oxygens (including phenoxy) is 1. The second kappa shape index (κ2) is 6.64. The van der Waals surface area contributed by atoms with Crippen LogP contribution in [0.25, 0.3) is 10.2 Å². The van der Waals surface area contributed by atoms with Gasteiger partial charge in [-0.25, -0.2) is 18.1 Å². The van der Waals surface area contributed by atoms with Crippen LogP contribution in [-0.4, -0.2) is 37.6 Å². The summed E-state index contributed by atoms with van der Waals surface area (Å²) in [5, 5.41) is 3.19. The van der Waals surface area contributed by atoms with Crippen LogP contribution in [0.5, 0.6) is 0 Å². The zero-order valence-corrected chi connectivity index (χ0v) is 16.0. The summed E-state index contributed by atoms with van der Waals surface area (Å²) in [7, 11) is -3.61. The van der Waals surface area contributed by atoms with Crippen molar-refractivity contribution in [3.63, 3.8) is 0 Å². The Hall–Kier alpha value is -1.55. The van der Waals surface area contributed by atoms with E-state index in [1.165, 1.54) is 17.4 Å². The molecule has 2 aromatic rings. The van der Waals surface area contributed by atoms with E-state index in [9.17, 15) is 13.2 Å². The van der Waals surface area contributed by atoms with Gasteiger partial charge in [0.05, 0.1) is 15.1 Å². The summed E-state index contributed by atoms with van der Waals surface area (Å²) in [6.07, 6.45) is 1.15. The number of carbonyl (C=O) groups is 1. The van der Waals surface area contributed by atoms with Gasteiger partial charge in [-0.1, -0.05) is 11.3 Å². The maximum Gasteiger partial charge on any atom is 0.255 e. The fraction of sp³-hybridized carbons (Fsp3) is 0.500. The molecule has 1 atom stereocenters. The van der Waals surface area contributed by atoms with Gasteiger partial charge in [-0.05, 0) is 51.8 Å². The molecule has 2 N–H and O–H groups in total. The van der Waals surface area contributed by atoms with Crippen molar-refractivity contribution in [1.82, 2.24) is 9.71 Å². The van der Waals surface area contributed by atoms with Crippen LogP contribution in [0, 0.1) is 0 Å². The smallest absolute Gasteiger partial charge is 0.255 e. The third-order valence-electron chi connectivity index (χ3n) is 3.56. The lowest BCUT2D eigenvalue weighted by Crippen LogP contribution is -2.40. The Morgan fingerprint density at radius 3 is 2.76 bits per heavy atom. The lowest BCUT2D eigenvalue weighted by molar-refractivity contribution is -0.124. The lowest BCUT2D eigenvalue weighted by atomic mass is 10.1. The topological polar surface area (TPSA) is 97.4 Å². The number of anilines is 1. The Morgan fingerprint density at radius 2 is 2.12 bits per heavy atom. The summed E-state index contributed by atoms with van der Waals surface area (Å²) in [4.78, 5) is 16.6. The minimum Gasteiger partial charge on any atom is -0.368 e. The van der Waals surface area contributed by atoms with Crippen LogP contribution in [0.2, 0.25) is 0 Å². The highest BCUT2D eigenvalue weighted by Crippen LogP contribution is 2.29. The molecule has 1 aliphatic rings. The van der Waals surface area contributed by atoms with Gasteiger partial charge >= 0.3 is 0 Å². The first kappa shape index (κ1) is 18.2. The minimum atomic E-state index is -3.61. The Labute approximate surface area is 150 Å². The molecular weight excluding hydrogens is 362 g/mol. The number of hydrogen-bond donors (Lipinski definition) is 2. The highest BCUT2D eigenvalue weighted by molar-refractivity contribution is 7.89. The number of carbonyl (C=O) groups excluding carboxylic acids is 1. The first-order valence-electron chi connectivity index (χ1n) is 8.01. The van der Waals surface area contributed by atoms with E-state index in [1.807, 2.05) is 0 Å². The molecule has 0 radical (unpaired) electrons. The number of amides is 1. The Bertz CT molecular complexity index is 894. The Balaban J connectivity index is 1.83. The summed E-state index contributed by atoms with van der Waals surface area (Å²) in [5.41, 5.74) is 0.0735. The van der Waals surface area contributed by atoms with Gasteiger partial charge in [-0.2, -0.15) is 0 Å². The molecule has 1 aliphatic heterocycles. The van der Waals surface area contributed by atoms with E-state index >= 15 is 0 Å². The van der Waals surface area contributed by atoms with Gasteiger partial charge in [0.1, 0.15) is 6.10 Å². The van der Waals surface area contributed by atoms with Gasteiger partial charge in [-0.3, -0.25) is 10.1 Å². The SMILES string of the molecule is CC(C)(C)NS(=O)(=O)c1ccc2nc(NC(=O)[C@H]3CCCO3)sc2c1. The summed E-state index contributed by atoms with van der Waals surface area (Å²) < 4.78 is 33.5. The first-order chi connectivity index (χ1) is 11.6. The number of nitrogens with one attached hydrogen (secondary N) is 2. The molecule has 3 rings (SSSR count).